The second-order valence-electron chi connectivity index (χ2n) is 8.58. The molecule has 0 saturated heterocycles. The number of halogens is 3. The molecular weight excluding hydrogens is 375 g/mol. The van der Waals surface area contributed by atoms with E-state index in [1.165, 1.54) is 12.1 Å². The number of ether oxygens (including phenoxy) is 1. The summed E-state index contributed by atoms with van der Waals surface area (Å²) >= 11 is 0. The molecule has 8 heteroatoms. The Morgan fingerprint density at radius 1 is 1.25 bits per heavy atom. The van der Waals surface area contributed by atoms with E-state index in [2.05, 4.69) is 12.1 Å². The van der Waals surface area contributed by atoms with E-state index in [0.29, 0.717) is 17.7 Å². The average Bonchev–Trinajstić information content (AvgIpc) is 2.93. The second kappa shape index (κ2) is 6.54. The molecule has 4 rings (SSSR count). The molecule has 1 unspecified atom stereocenters. The van der Waals surface area contributed by atoms with E-state index in [4.69, 9.17) is 4.74 Å². The van der Waals surface area contributed by atoms with Crippen molar-refractivity contribution in [1.82, 2.24) is 0 Å². The summed E-state index contributed by atoms with van der Waals surface area (Å²) in [6.45, 7) is 0.618. The van der Waals surface area contributed by atoms with E-state index in [1.807, 2.05) is 0 Å². The highest BCUT2D eigenvalue weighted by Crippen LogP contribution is 2.61. The first kappa shape index (κ1) is 19.4. The lowest BCUT2D eigenvalue weighted by Crippen LogP contribution is -2.45. The van der Waals surface area contributed by atoms with Gasteiger partial charge in [-0.15, -0.1) is 0 Å². The molecule has 3 aliphatic carbocycles. The molecule has 0 bridgehead atoms. The number of hydrogen-bond acceptors (Lipinski definition) is 5. The Hall–Kier alpha value is -1.96. The third-order valence-electron chi connectivity index (χ3n) is 7.17. The third-order valence-corrected chi connectivity index (χ3v) is 7.17. The van der Waals surface area contributed by atoms with Crippen molar-refractivity contribution in [2.24, 2.45) is 22.4 Å². The molecule has 28 heavy (non-hydrogen) atoms. The van der Waals surface area contributed by atoms with Crippen LogP contribution in [0.5, 0.6) is 11.5 Å². The molecule has 1 aromatic rings. The molecule has 0 aromatic heterocycles. The van der Waals surface area contributed by atoms with Gasteiger partial charge >= 0.3 is 6.18 Å². The molecule has 5 nitrogen and oxygen atoms in total. The van der Waals surface area contributed by atoms with Crippen LogP contribution in [0.15, 0.2) is 17.3 Å². The molecule has 0 spiro atoms. The summed E-state index contributed by atoms with van der Waals surface area (Å²) in [7, 11) is 0. The van der Waals surface area contributed by atoms with E-state index < -0.39 is 18.5 Å². The van der Waals surface area contributed by atoms with Gasteiger partial charge in [-0.1, -0.05) is 12.1 Å². The summed E-state index contributed by atoms with van der Waals surface area (Å²) in [5.74, 6) is -0.167. The van der Waals surface area contributed by atoms with Gasteiger partial charge in [-0.3, -0.25) is 0 Å². The molecule has 154 valence electrons. The Morgan fingerprint density at radius 2 is 2.00 bits per heavy atom. The highest BCUT2D eigenvalue weighted by molar-refractivity contribution is 6.03. The van der Waals surface area contributed by atoms with E-state index in [-0.39, 0.29) is 35.0 Å². The van der Waals surface area contributed by atoms with Crippen molar-refractivity contribution in [3.05, 3.63) is 23.3 Å². The molecular formula is C20H24F3NO4. The van der Waals surface area contributed by atoms with Crippen molar-refractivity contribution < 1.29 is 33.3 Å². The predicted octanol–water partition coefficient (Wildman–Crippen LogP) is 4.19. The summed E-state index contributed by atoms with van der Waals surface area (Å²) < 4.78 is 42.4. The largest absolute Gasteiger partial charge is 0.504 e. The smallest absolute Gasteiger partial charge is 0.422 e. The highest BCUT2D eigenvalue weighted by Gasteiger charge is 2.55. The van der Waals surface area contributed by atoms with Crippen LogP contribution in [0.2, 0.25) is 0 Å². The minimum absolute atomic E-state index is 0.0673. The van der Waals surface area contributed by atoms with Gasteiger partial charge in [-0.25, -0.2) is 0 Å². The third kappa shape index (κ3) is 3.02. The quantitative estimate of drug-likeness (QED) is 0.515. The number of phenolic OH excluding ortho intramolecular Hbond substituents is 1. The van der Waals surface area contributed by atoms with Gasteiger partial charge in [0.05, 0.1) is 11.8 Å². The van der Waals surface area contributed by atoms with Gasteiger partial charge < -0.3 is 20.2 Å². The first-order chi connectivity index (χ1) is 13.1. The SMILES string of the molecule is C[C@]12CC[C@@H]3c4cc(OCC(F)(F)F)c(O)cc4C(=NO)C[C@H]3[C@@H]1CCC2O. The Kier molecular flexibility index (Phi) is 4.52. The number of nitrogens with zero attached hydrogens (tertiary/aromatic N) is 1. The maximum absolute atomic E-state index is 12.5. The number of benzene rings is 1. The lowest BCUT2D eigenvalue weighted by Gasteiger charge is -2.50. The van der Waals surface area contributed by atoms with Crippen LogP contribution in [-0.4, -0.2) is 40.0 Å². The Bertz CT molecular complexity index is 809. The zero-order valence-corrected chi connectivity index (χ0v) is 15.5. The van der Waals surface area contributed by atoms with Crippen LogP contribution >= 0.6 is 0 Å². The monoisotopic (exact) mass is 399 g/mol. The zero-order chi connectivity index (χ0) is 20.3. The number of alkyl halides is 3. The number of aliphatic hydroxyl groups is 1. The Labute approximate surface area is 160 Å². The number of aromatic hydroxyl groups is 1. The Balaban J connectivity index is 1.72. The van der Waals surface area contributed by atoms with Crippen LogP contribution in [0.25, 0.3) is 0 Å². The summed E-state index contributed by atoms with van der Waals surface area (Å²) in [4.78, 5) is 0. The number of fused-ring (bicyclic) bond motifs is 5. The number of phenols is 1. The molecule has 2 saturated carbocycles. The fourth-order valence-electron chi connectivity index (χ4n) is 5.77. The second-order valence-corrected chi connectivity index (χ2v) is 8.58. The van der Waals surface area contributed by atoms with Gasteiger partial charge in [0, 0.05) is 5.56 Å². The first-order valence-corrected chi connectivity index (χ1v) is 9.60. The van der Waals surface area contributed by atoms with Crippen molar-refractivity contribution in [3.8, 4) is 11.5 Å². The number of hydrogen-bond donors (Lipinski definition) is 3. The van der Waals surface area contributed by atoms with Gasteiger partial charge in [0.15, 0.2) is 18.1 Å². The van der Waals surface area contributed by atoms with E-state index in [9.17, 15) is 28.6 Å². The maximum atomic E-state index is 12.5. The van der Waals surface area contributed by atoms with Crippen molar-refractivity contribution >= 4 is 5.71 Å². The van der Waals surface area contributed by atoms with Gasteiger partial charge in [0.1, 0.15) is 0 Å². The average molecular weight is 399 g/mol. The zero-order valence-electron chi connectivity index (χ0n) is 15.5. The van der Waals surface area contributed by atoms with Crippen LogP contribution < -0.4 is 4.74 Å². The topological polar surface area (TPSA) is 82.3 Å². The number of rotatable bonds is 2. The molecule has 0 heterocycles. The van der Waals surface area contributed by atoms with E-state index in [0.717, 1.165) is 31.2 Å². The minimum atomic E-state index is -4.50. The van der Waals surface area contributed by atoms with Crippen LogP contribution in [-0.2, 0) is 0 Å². The van der Waals surface area contributed by atoms with Crippen molar-refractivity contribution in [2.75, 3.05) is 6.61 Å². The summed E-state index contributed by atoms with van der Waals surface area (Å²) in [5.41, 5.74) is 1.54. The van der Waals surface area contributed by atoms with Crippen molar-refractivity contribution in [2.45, 2.75) is 57.2 Å². The molecule has 2 fully saturated rings. The van der Waals surface area contributed by atoms with Crippen LogP contribution in [0.1, 0.15) is 56.1 Å². The van der Waals surface area contributed by atoms with Crippen LogP contribution in [0.4, 0.5) is 13.2 Å². The minimum Gasteiger partial charge on any atom is -0.504 e. The summed E-state index contributed by atoms with van der Waals surface area (Å²) in [6, 6.07) is 2.80. The standard InChI is InChI=1S/C20H24F3NO4/c1-19-5-4-10-11-8-17(28-9-20(21,22)23)16(25)7-13(11)15(24-27)6-12(10)14(19)2-3-18(19)26/h7-8,10,12,14,18,25-27H,2-6,9H2,1H3/t10-,12-,14+,18?,19+/m1/s1. The fourth-order valence-corrected chi connectivity index (χ4v) is 5.77. The van der Waals surface area contributed by atoms with E-state index in [1.54, 1.807) is 0 Å². The lowest BCUT2D eigenvalue weighted by molar-refractivity contribution is -0.153. The molecule has 0 radical (unpaired) electrons. The summed E-state index contributed by atoms with van der Waals surface area (Å²) in [6.07, 6.45) is -1.13. The predicted molar refractivity (Wildman–Crippen MR) is 94.9 cm³/mol. The molecule has 0 amide bonds. The number of aliphatic hydroxyl groups excluding tert-OH is 1. The van der Waals surface area contributed by atoms with Crippen LogP contribution in [0.3, 0.4) is 0 Å². The van der Waals surface area contributed by atoms with Gasteiger partial charge in [0.2, 0.25) is 0 Å². The van der Waals surface area contributed by atoms with Gasteiger partial charge in [-0.2, -0.15) is 13.2 Å². The molecule has 3 aliphatic rings. The van der Waals surface area contributed by atoms with E-state index >= 15 is 0 Å². The molecule has 5 atom stereocenters. The normalized spacial score (nSPS) is 36.0. The Morgan fingerprint density at radius 3 is 2.68 bits per heavy atom. The highest BCUT2D eigenvalue weighted by atomic mass is 19.4. The molecule has 1 aromatic carbocycles. The maximum Gasteiger partial charge on any atom is 0.422 e. The molecule has 3 N–H and O–H groups in total. The lowest BCUT2D eigenvalue weighted by atomic mass is 9.55. The fraction of sp³-hybridized carbons (Fsp3) is 0.650. The molecule has 0 aliphatic heterocycles. The number of oxime groups is 1. The van der Waals surface area contributed by atoms with Crippen molar-refractivity contribution in [1.29, 1.82) is 0 Å². The van der Waals surface area contributed by atoms with Crippen LogP contribution in [0, 0.1) is 17.3 Å². The first-order valence-electron chi connectivity index (χ1n) is 9.60. The summed E-state index contributed by atoms with van der Waals surface area (Å²) in [5, 5.41) is 33.6. The van der Waals surface area contributed by atoms with Gasteiger partial charge in [0.25, 0.3) is 0 Å². The van der Waals surface area contributed by atoms with Gasteiger partial charge in [-0.05, 0) is 73.0 Å². The van der Waals surface area contributed by atoms with Crippen molar-refractivity contribution in [3.63, 3.8) is 0 Å².